The van der Waals surface area contributed by atoms with E-state index in [0.717, 1.165) is 30.2 Å². The van der Waals surface area contributed by atoms with Crippen LogP contribution in [0.25, 0.3) is 0 Å². The van der Waals surface area contributed by atoms with Gasteiger partial charge in [0.2, 0.25) is 0 Å². The zero-order valence-electron chi connectivity index (χ0n) is 9.95. The second kappa shape index (κ2) is 7.95. The Balaban J connectivity index is 2.18. The van der Waals surface area contributed by atoms with Gasteiger partial charge in [0, 0.05) is 23.7 Å². The lowest BCUT2D eigenvalue weighted by Crippen LogP contribution is -2.33. The molecule has 5 heteroatoms. The molecular weight excluding hydrogens is 237 g/mol. The zero-order chi connectivity index (χ0) is 12.5. The number of hydrogen-bond acceptors (Lipinski definition) is 2. The SMILES string of the molecule is CCCN=C(N)NCCSc1ccc(F)cc1. The van der Waals surface area contributed by atoms with E-state index in [1.165, 1.54) is 12.1 Å². The molecule has 0 bridgehead atoms. The van der Waals surface area contributed by atoms with Crippen molar-refractivity contribution in [1.29, 1.82) is 0 Å². The number of benzene rings is 1. The molecule has 3 nitrogen and oxygen atoms in total. The first-order valence-corrected chi connectivity index (χ1v) is 6.63. The highest BCUT2D eigenvalue weighted by molar-refractivity contribution is 7.99. The highest BCUT2D eigenvalue weighted by atomic mass is 32.2. The average molecular weight is 255 g/mol. The molecule has 3 N–H and O–H groups in total. The van der Waals surface area contributed by atoms with Gasteiger partial charge in [0.25, 0.3) is 0 Å². The van der Waals surface area contributed by atoms with Gasteiger partial charge in [0.05, 0.1) is 0 Å². The molecule has 1 aromatic carbocycles. The van der Waals surface area contributed by atoms with Crippen molar-refractivity contribution < 1.29 is 4.39 Å². The third-order valence-electron chi connectivity index (χ3n) is 2.00. The minimum atomic E-state index is -0.205. The lowest BCUT2D eigenvalue weighted by molar-refractivity contribution is 0.626. The lowest BCUT2D eigenvalue weighted by Gasteiger charge is -2.05. The molecule has 0 aliphatic carbocycles. The van der Waals surface area contributed by atoms with Gasteiger partial charge in [-0.3, -0.25) is 4.99 Å². The van der Waals surface area contributed by atoms with Gasteiger partial charge >= 0.3 is 0 Å². The molecule has 1 rings (SSSR count). The number of rotatable bonds is 6. The molecule has 0 saturated heterocycles. The van der Waals surface area contributed by atoms with Gasteiger partial charge in [-0.05, 0) is 30.7 Å². The van der Waals surface area contributed by atoms with E-state index in [-0.39, 0.29) is 5.82 Å². The van der Waals surface area contributed by atoms with Crippen molar-refractivity contribution in [3.8, 4) is 0 Å². The predicted octanol–water partition coefficient (Wildman–Crippen LogP) is 2.23. The molecule has 0 unspecified atom stereocenters. The van der Waals surface area contributed by atoms with E-state index in [2.05, 4.69) is 17.2 Å². The largest absolute Gasteiger partial charge is 0.370 e. The molecule has 17 heavy (non-hydrogen) atoms. The van der Waals surface area contributed by atoms with Crippen LogP contribution in [0.4, 0.5) is 4.39 Å². The Morgan fingerprint density at radius 3 is 2.76 bits per heavy atom. The third kappa shape index (κ3) is 6.16. The summed E-state index contributed by atoms with van der Waals surface area (Å²) in [5.41, 5.74) is 5.64. The van der Waals surface area contributed by atoms with Crippen molar-refractivity contribution >= 4 is 17.7 Å². The summed E-state index contributed by atoms with van der Waals surface area (Å²) in [6.07, 6.45) is 0.993. The molecule has 1 aromatic rings. The number of nitrogens with zero attached hydrogens (tertiary/aromatic N) is 1. The van der Waals surface area contributed by atoms with Crippen LogP contribution in [-0.4, -0.2) is 24.8 Å². The molecule has 0 fully saturated rings. The summed E-state index contributed by atoms with van der Waals surface area (Å²) in [5, 5.41) is 3.03. The minimum Gasteiger partial charge on any atom is -0.370 e. The van der Waals surface area contributed by atoms with Gasteiger partial charge in [0.1, 0.15) is 5.82 Å². The van der Waals surface area contributed by atoms with E-state index in [9.17, 15) is 4.39 Å². The number of hydrogen-bond donors (Lipinski definition) is 2. The summed E-state index contributed by atoms with van der Waals surface area (Å²) in [7, 11) is 0. The summed E-state index contributed by atoms with van der Waals surface area (Å²) in [6.45, 7) is 3.56. The number of nitrogens with one attached hydrogen (secondary N) is 1. The van der Waals surface area contributed by atoms with E-state index in [1.54, 1.807) is 23.9 Å². The Labute approximate surface area is 106 Å². The Bertz CT molecular complexity index is 351. The van der Waals surface area contributed by atoms with Crippen molar-refractivity contribution in [2.45, 2.75) is 18.2 Å². The summed E-state index contributed by atoms with van der Waals surface area (Å²) in [5.74, 6) is 1.16. The van der Waals surface area contributed by atoms with Gasteiger partial charge in [-0.1, -0.05) is 6.92 Å². The highest BCUT2D eigenvalue weighted by Crippen LogP contribution is 2.16. The number of nitrogens with two attached hydrogens (primary N) is 1. The Morgan fingerprint density at radius 2 is 2.12 bits per heavy atom. The molecule has 0 aliphatic heterocycles. The second-order valence-corrected chi connectivity index (χ2v) is 4.66. The molecule has 0 aliphatic rings. The molecule has 0 amide bonds. The molecule has 0 heterocycles. The molecule has 0 radical (unpaired) electrons. The van der Waals surface area contributed by atoms with Crippen LogP contribution in [-0.2, 0) is 0 Å². The van der Waals surface area contributed by atoms with Gasteiger partial charge in [-0.15, -0.1) is 11.8 Å². The fraction of sp³-hybridized carbons (Fsp3) is 0.417. The normalized spacial score (nSPS) is 11.5. The van der Waals surface area contributed by atoms with E-state index in [0.29, 0.717) is 5.96 Å². The van der Waals surface area contributed by atoms with E-state index < -0.39 is 0 Å². The van der Waals surface area contributed by atoms with Crippen molar-refractivity contribution in [1.82, 2.24) is 5.32 Å². The zero-order valence-corrected chi connectivity index (χ0v) is 10.8. The van der Waals surface area contributed by atoms with Crippen molar-refractivity contribution in [3.05, 3.63) is 30.1 Å². The van der Waals surface area contributed by atoms with Crippen LogP contribution < -0.4 is 11.1 Å². The van der Waals surface area contributed by atoms with Gasteiger partial charge in [-0.2, -0.15) is 0 Å². The van der Waals surface area contributed by atoms with Crippen LogP contribution in [0.2, 0.25) is 0 Å². The maximum atomic E-state index is 12.6. The van der Waals surface area contributed by atoms with Crippen LogP contribution >= 0.6 is 11.8 Å². The monoisotopic (exact) mass is 255 g/mol. The summed E-state index contributed by atoms with van der Waals surface area (Å²) >= 11 is 1.66. The third-order valence-corrected chi connectivity index (χ3v) is 3.01. The molecule has 0 saturated carbocycles. The fourth-order valence-corrected chi connectivity index (χ4v) is 1.94. The summed E-state index contributed by atoms with van der Waals surface area (Å²) < 4.78 is 12.6. The molecular formula is C12H18FN3S. The summed E-state index contributed by atoms with van der Waals surface area (Å²) in [6, 6.07) is 6.47. The van der Waals surface area contributed by atoms with Crippen LogP contribution in [0.15, 0.2) is 34.2 Å². The maximum absolute atomic E-state index is 12.6. The first-order valence-electron chi connectivity index (χ1n) is 5.64. The number of guanidine groups is 1. The number of halogens is 1. The quantitative estimate of drug-likeness (QED) is 0.355. The Hall–Kier alpha value is -1.23. The van der Waals surface area contributed by atoms with Crippen molar-refractivity contribution in [3.63, 3.8) is 0 Å². The number of thioether (sulfide) groups is 1. The van der Waals surface area contributed by atoms with Crippen LogP contribution in [0.3, 0.4) is 0 Å². The van der Waals surface area contributed by atoms with Crippen LogP contribution in [0.5, 0.6) is 0 Å². The summed E-state index contributed by atoms with van der Waals surface area (Å²) in [4.78, 5) is 5.18. The van der Waals surface area contributed by atoms with E-state index in [4.69, 9.17) is 5.73 Å². The number of aliphatic imine (C=N–C) groups is 1. The standard InChI is InChI=1S/C12H18FN3S/c1-2-7-15-12(14)16-8-9-17-11-5-3-10(13)4-6-11/h3-6H,2,7-9H2,1H3,(H3,14,15,16). The molecule has 0 atom stereocenters. The van der Waals surface area contributed by atoms with E-state index >= 15 is 0 Å². The topological polar surface area (TPSA) is 50.4 Å². The van der Waals surface area contributed by atoms with Crippen molar-refractivity contribution in [2.24, 2.45) is 10.7 Å². The van der Waals surface area contributed by atoms with E-state index in [1.807, 2.05) is 0 Å². The predicted molar refractivity (Wildman–Crippen MR) is 71.9 cm³/mol. The Kier molecular flexibility index (Phi) is 6.47. The smallest absolute Gasteiger partial charge is 0.188 e. The maximum Gasteiger partial charge on any atom is 0.188 e. The van der Waals surface area contributed by atoms with Gasteiger partial charge in [-0.25, -0.2) is 4.39 Å². The molecule has 0 aromatic heterocycles. The van der Waals surface area contributed by atoms with Crippen LogP contribution in [0, 0.1) is 5.82 Å². The fourth-order valence-electron chi connectivity index (χ4n) is 1.17. The average Bonchev–Trinajstić information content (AvgIpc) is 2.34. The van der Waals surface area contributed by atoms with Gasteiger partial charge < -0.3 is 11.1 Å². The Morgan fingerprint density at radius 1 is 1.41 bits per heavy atom. The molecule has 0 spiro atoms. The first kappa shape index (κ1) is 13.8. The second-order valence-electron chi connectivity index (χ2n) is 3.50. The van der Waals surface area contributed by atoms with Crippen molar-refractivity contribution in [2.75, 3.05) is 18.8 Å². The van der Waals surface area contributed by atoms with Crippen LogP contribution in [0.1, 0.15) is 13.3 Å². The highest BCUT2D eigenvalue weighted by Gasteiger charge is 1.95. The lowest BCUT2D eigenvalue weighted by atomic mass is 10.4. The minimum absolute atomic E-state index is 0.205. The first-order chi connectivity index (χ1) is 8.22. The van der Waals surface area contributed by atoms with Gasteiger partial charge in [0.15, 0.2) is 5.96 Å². The molecule has 94 valence electrons.